The Kier molecular flexibility index (Phi) is 4.08. The molecule has 0 amide bonds. The molecule has 6 heteroatoms. The van der Waals surface area contributed by atoms with Crippen LogP contribution in [-0.4, -0.2) is 28.7 Å². The van der Waals surface area contributed by atoms with E-state index >= 15 is 0 Å². The van der Waals surface area contributed by atoms with Crippen molar-refractivity contribution in [2.24, 2.45) is 0 Å². The van der Waals surface area contributed by atoms with E-state index in [1.54, 1.807) is 13.4 Å². The number of nitrogens with zero attached hydrogens (tertiary/aromatic N) is 2. The number of imidazole rings is 1. The topological polar surface area (TPSA) is 72.1 Å². The second kappa shape index (κ2) is 6.55. The number of nitrogens with one attached hydrogen (secondary N) is 2. The van der Waals surface area contributed by atoms with Crippen LogP contribution < -0.4 is 14.8 Å². The molecule has 2 N–H and O–H groups in total. The summed E-state index contributed by atoms with van der Waals surface area (Å²) in [6.45, 7) is 4.58. The van der Waals surface area contributed by atoms with Crippen molar-refractivity contribution in [3.05, 3.63) is 48.4 Å². The number of methoxy groups -OCH3 is 1. The third-order valence-electron chi connectivity index (χ3n) is 4.26. The zero-order valence-electron chi connectivity index (χ0n) is 15.0. The quantitative estimate of drug-likeness (QED) is 0.553. The van der Waals surface area contributed by atoms with Crippen molar-refractivity contribution in [2.75, 3.05) is 19.0 Å². The summed E-state index contributed by atoms with van der Waals surface area (Å²) in [4.78, 5) is 12.2. The maximum atomic E-state index is 5.77. The van der Waals surface area contributed by atoms with Crippen LogP contribution in [0.2, 0.25) is 0 Å². The van der Waals surface area contributed by atoms with Crippen LogP contribution >= 0.6 is 0 Å². The summed E-state index contributed by atoms with van der Waals surface area (Å²) < 4.78 is 11.1. The van der Waals surface area contributed by atoms with Crippen LogP contribution in [0.3, 0.4) is 0 Å². The molecule has 0 bridgehead atoms. The Labute approximate surface area is 151 Å². The standard InChI is InChI=1S/C20H20N4O2/c1-4-26-18-8-5-13(25-3)10-16(18)24-17-9-12(2)23-14-6-7-15-20(19(14)17)22-11-21-15/h5-11,23-24H,4H2,1-3H3. The molecule has 0 aliphatic carbocycles. The van der Waals surface area contributed by atoms with Gasteiger partial charge in [-0.3, -0.25) is 0 Å². The van der Waals surface area contributed by atoms with E-state index < -0.39 is 0 Å². The van der Waals surface area contributed by atoms with Crippen molar-refractivity contribution >= 4 is 33.3 Å². The largest absolute Gasteiger partial charge is 0.497 e. The Morgan fingerprint density at radius 1 is 1.08 bits per heavy atom. The second-order valence-corrected chi connectivity index (χ2v) is 6.02. The molecule has 0 atom stereocenters. The first kappa shape index (κ1) is 16.2. The number of hydrogen-bond donors (Lipinski definition) is 2. The summed E-state index contributed by atoms with van der Waals surface area (Å²) in [5.74, 6) is 1.53. The fourth-order valence-electron chi connectivity index (χ4n) is 3.14. The van der Waals surface area contributed by atoms with Crippen LogP contribution in [0, 0.1) is 6.92 Å². The van der Waals surface area contributed by atoms with Gasteiger partial charge in [0.25, 0.3) is 0 Å². The fourth-order valence-corrected chi connectivity index (χ4v) is 3.14. The molecule has 4 rings (SSSR count). The Balaban J connectivity index is 1.91. The fraction of sp³-hybridized carbons (Fsp3) is 0.200. The lowest BCUT2D eigenvalue weighted by atomic mass is 10.1. The van der Waals surface area contributed by atoms with Crippen LogP contribution in [0.1, 0.15) is 12.6 Å². The second-order valence-electron chi connectivity index (χ2n) is 6.02. The Morgan fingerprint density at radius 3 is 2.77 bits per heavy atom. The molecule has 0 radical (unpaired) electrons. The molecule has 0 saturated heterocycles. The molecular weight excluding hydrogens is 328 g/mol. The number of fused-ring (bicyclic) bond motifs is 3. The van der Waals surface area contributed by atoms with Crippen LogP contribution in [0.4, 0.5) is 11.4 Å². The molecule has 4 aromatic rings. The number of aromatic nitrogens is 3. The Morgan fingerprint density at radius 2 is 1.96 bits per heavy atom. The number of ether oxygens (including phenoxy) is 2. The molecule has 26 heavy (non-hydrogen) atoms. The summed E-state index contributed by atoms with van der Waals surface area (Å²) >= 11 is 0. The normalized spacial score (nSPS) is 11.0. The van der Waals surface area contributed by atoms with Crippen molar-refractivity contribution in [3.63, 3.8) is 0 Å². The zero-order valence-corrected chi connectivity index (χ0v) is 15.0. The predicted molar refractivity (Wildman–Crippen MR) is 104 cm³/mol. The highest BCUT2D eigenvalue weighted by molar-refractivity contribution is 6.10. The number of benzene rings is 2. The van der Waals surface area contributed by atoms with Crippen LogP contribution in [0.15, 0.2) is 42.7 Å². The minimum atomic E-state index is 0.585. The maximum Gasteiger partial charge on any atom is 0.142 e. The number of H-pyrrole nitrogens is 1. The summed E-state index contributed by atoms with van der Waals surface area (Å²) in [7, 11) is 1.65. The zero-order chi connectivity index (χ0) is 18.1. The van der Waals surface area contributed by atoms with Gasteiger partial charge >= 0.3 is 0 Å². The number of rotatable bonds is 5. The first-order chi connectivity index (χ1) is 12.7. The van der Waals surface area contributed by atoms with Gasteiger partial charge in [-0.25, -0.2) is 9.97 Å². The molecule has 132 valence electrons. The van der Waals surface area contributed by atoms with E-state index in [1.165, 1.54) is 0 Å². The molecule has 0 saturated carbocycles. The average Bonchev–Trinajstić information content (AvgIpc) is 3.11. The van der Waals surface area contributed by atoms with Gasteiger partial charge < -0.3 is 19.8 Å². The highest BCUT2D eigenvalue weighted by atomic mass is 16.5. The molecule has 2 heterocycles. The molecular formula is C20H20N4O2. The van der Waals surface area contributed by atoms with Gasteiger partial charge in [0.1, 0.15) is 23.3 Å². The van der Waals surface area contributed by atoms with E-state index in [1.807, 2.05) is 44.2 Å². The average molecular weight is 348 g/mol. The molecule has 6 nitrogen and oxygen atoms in total. The highest BCUT2D eigenvalue weighted by Gasteiger charge is 2.13. The van der Waals surface area contributed by atoms with Gasteiger partial charge in [-0.2, -0.15) is 0 Å². The van der Waals surface area contributed by atoms with Gasteiger partial charge in [-0.15, -0.1) is 0 Å². The third-order valence-corrected chi connectivity index (χ3v) is 4.26. The van der Waals surface area contributed by atoms with Gasteiger partial charge in [0.15, 0.2) is 0 Å². The Bertz CT molecular complexity index is 1090. The lowest BCUT2D eigenvalue weighted by Gasteiger charge is -2.16. The molecule has 2 aromatic heterocycles. The number of anilines is 2. The van der Waals surface area contributed by atoms with Gasteiger partial charge in [0.05, 0.1) is 30.6 Å². The van der Waals surface area contributed by atoms with Crippen molar-refractivity contribution in [1.29, 1.82) is 0 Å². The highest BCUT2D eigenvalue weighted by Crippen LogP contribution is 2.36. The van der Waals surface area contributed by atoms with Crippen LogP contribution in [-0.2, 0) is 0 Å². The minimum Gasteiger partial charge on any atom is -0.497 e. The number of pyridine rings is 1. The van der Waals surface area contributed by atoms with E-state index in [2.05, 4.69) is 26.3 Å². The van der Waals surface area contributed by atoms with Gasteiger partial charge in [0, 0.05) is 22.7 Å². The Hall–Kier alpha value is -3.28. The van der Waals surface area contributed by atoms with Gasteiger partial charge in [-0.1, -0.05) is 0 Å². The van der Waals surface area contributed by atoms with E-state index in [0.717, 1.165) is 50.5 Å². The lowest BCUT2D eigenvalue weighted by molar-refractivity contribution is 0.341. The number of aryl methyl sites for hydroxylation is 1. The molecule has 2 aromatic carbocycles. The first-order valence-electron chi connectivity index (χ1n) is 8.50. The predicted octanol–water partition coefficient (Wildman–Crippen LogP) is 4.57. The minimum absolute atomic E-state index is 0.585. The van der Waals surface area contributed by atoms with E-state index in [-0.39, 0.29) is 0 Å². The molecule has 0 fully saturated rings. The summed E-state index contributed by atoms with van der Waals surface area (Å²) in [6.07, 6.45) is 1.59. The maximum absolute atomic E-state index is 5.77. The molecule has 0 aliphatic rings. The first-order valence-corrected chi connectivity index (χ1v) is 8.50. The number of aromatic amines is 1. The van der Waals surface area contributed by atoms with Gasteiger partial charge in [0.2, 0.25) is 0 Å². The van der Waals surface area contributed by atoms with E-state index in [0.29, 0.717) is 6.61 Å². The summed E-state index contributed by atoms with van der Waals surface area (Å²) in [5.41, 5.74) is 5.56. The van der Waals surface area contributed by atoms with E-state index in [4.69, 9.17) is 9.47 Å². The van der Waals surface area contributed by atoms with Crippen molar-refractivity contribution in [3.8, 4) is 11.5 Å². The summed E-state index contributed by atoms with van der Waals surface area (Å²) in [5, 5.41) is 4.50. The van der Waals surface area contributed by atoms with Crippen molar-refractivity contribution < 1.29 is 9.47 Å². The van der Waals surface area contributed by atoms with Crippen LogP contribution in [0.25, 0.3) is 21.9 Å². The SMILES string of the molecule is CCOc1ccc(OC)cc1Nc1cc(C)[nH]c2ccc3ncnc3c12. The van der Waals surface area contributed by atoms with E-state index in [9.17, 15) is 0 Å². The summed E-state index contributed by atoms with van der Waals surface area (Å²) in [6, 6.07) is 11.8. The molecule has 0 unspecified atom stereocenters. The van der Waals surface area contributed by atoms with Crippen LogP contribution in [0.5, 0.6) is 11.5 Å². The van der Waals surface area contributed by atoms with Gasteiger partial charge in [-0.05, 0) is 44.2 Å². The van der Waals surface area contributed by atoms with Crippen molar-refractivity contribution in [2.45, 2.75) is 13.8 Å². The number of hydrogen-bond acceptors (Lipinski definition) is 5. The monoisotopic (exact) mass is 348 g/mol. The smallest absolute Gasteiger partial charge is 0.142 e. The molecule has 0 aliphatic heterocycles. The third kappa shape index (κ3) is 2.79. The van der Waals surface area contributed by atoms with Crippen molar-refractivity contribution in [1.82, 2.24) is 15.0 Å². The lowest BCUT2D eigenvalue weighted by Crippen LogP contribution is -2.00. The molecule has 0 spiro atoms.